The molecule has 4 rings (SSSR count). The van der Waals surface area contributed by atoms with Gasteiger partial charge in [0, 0.05) is 40.6 Å². The second-order valence-corrected chi connectivity index (χ2v) is 6.99. The van der Waals surface area contributed by atoms with Gasteiger partial charge < -0.3 is 10.1 Å². The zero-order valence-electron chi connectivity index (χ0n) is 12.6. The summed E-state index contributed by atoms with van der Waals surface area (Å²) in [4.78, 5) is 7.01. The van der Waals surface area contributed by atoms with Gasteiger partial charge in [0.1, 0.15) is 6.10 Å². The molecular weight excluding hydrogens is 292 g/mol. The Bertz CT molecular complexity index is 778. The summed E-state index contributed by atoms with van der Waals surface area (Å²) in [7, 11) is 0. The standard InChI is InChI=1S/C18H20N2OS/c1-12-18-14(13-5-2-3-6-15(13)19-18)8-9-20(12)11-16(21)17-7-4-10-22-17/h2-7,10,12,16,19,21H,8-9,11H2,1H3/t12-,16+/m0/s1. The van der Waals surface area contributed by atoms with E-state index >= 15 is 0 Å². The molecule has 2 aromatic heterocycles. The van der Waals surface area contributed by atoms with Crippen molar-refractivity contribution >= 4 is 22.2 Å². The van der Waals surface area contributed by atoms with Crippen molar-refractivity contribution in [3.8, 4) is 0 Å². The van der Waals surface area contributed by atoms with Gasteiger partial charge in [-0.2, -0.15) is 0 Å². The number of nitrogens with zero attached hydrogens (tertiary/aromatic N) is 1. The summed E-state index contributed by atoms with van der Waals surface area (Å²) in [6, 6.07) is 12.8. The lowest BCUT2D eigenvalue weighted by Crippen LogP contribution is -2.36. The molecule has 2 N–H and O–H groups in total. The minimum Gasteiger partial charge on any atom is -0.386 e. The summed E-state index contributed by atoms with van der Waals surface area (Å²) in [6.07, 6.45) is 0.647. The van der Waals surface area contributed by atoms with E-state index in [1.165, 1.54) is 22.2 Å². The molecule has 0 bridgehead atoms. The van der Waals surface area contributed by atoms with Crippen molar-refractivity contribution in [1.82, 2.24) is 9.88 Å². The first kappa shape index (κ1) is 14.0. The average molecular weight is 312 g/mol. The van der Waals surface area contributed by atoms with Gasteiger partial charge in [0.15, 0.2) is 0 Å². The molecule has 1 aromatic carbocycles. The summed E-state index contributed by atoms with van der Waals surface area (Å²) in [5.41, 5.74) is 3.98. The van der Waals surface area contributed by atoms with Crippen molar-refractivity contribution in [2.75, 3.05) is 13.1 Å². The summed E-state index contributed by atoms with van der Waals surface area (Å²) in [6.45, 7) is 3.92. The minimum absolute atomic E-state index is 0.311. The van der Waals surface area contributed by atoms with Crippen LogP contribution in [0.5, 0.6) is 0 Å². The van der Waals surface area contributed by atoms with Crippen molar-refractivity contribution in [3.05, 3.63) is 57.9 Å². The van der Waals surface area contributed by atoms with Crippen LogP contribution in [-0.2, 0) is 6.42 Å². The topological polar surface area (TPSA) is 39.3 Å². The van der Waals surface area contributed by atoms with E-state index in [-0.39, 0.29) is 0 Å². The zero-order chi connectivity index (χ0) is 15.1. The Hall–Kier alpha value is -1.62. The third kappa shape index (κ3) is 2.28. The van der Waals surface area contributed by atoms with Crippen LogP contribution in [0.4, 0.5) is 0 Å². The Morgan fingerprint density at radius 2 is 2.18 bits per heavy atom. The summed E-state index contributed by atoms with van der Waals surface area (Å²) >= 11 is 1.63. The second-order valence-electron chi connectivity index (χ2n) is 6.01. The number of β-amino-alcohol motifs (C(OH)–C–C–N with tert-alkyl or cyclic N) is 1. The van der Waals surface area contributed by atoms with Crippen LogP contribution in [0.25, 0.3) is 10.9 Å². The van der Waals surface area contributed by atoms with Gasteiger partial charge in [-0.15, -0.1) is 11.3 Å². The van der Waals surface area contributed by atoms with Crippen LogP contribution in [-0.4, -0.2) is 28.1 Å². The maximum Gasteiger partial charge on any atom is 0.101 e. The van der Waals surface area contributed by atoms with E-state index < -0.39 is 6.10 Å². The molecule has 0 saturated carbocycles. The maximum absolute atomic E-state index is 10.4. The van der Waals surface area contributed by atoms with Crippen molar-refractivity contribution in [3.63, 3.8) is 0 Å². The van der Waals surface area contributed by atoms with Gasteiger partial charge in [0.05, 0.1) is 0 Å². The maximum atomic E-state index is 10.4. The average Bonchev–Trinajstić information content (AvgIpc) is 3.17. The number of para-hydroxylation sites is 1. The molecule has 22 heavy (non-hydrogen) atoms. The fourth-order valence-corrected chi connectivity index (χ4v) is 4.22. The van der Waals surface area contributed by atoms with E-state index in [0.29, 0.717) is 12.6 Å². The van der Waals surface area contributed by atoms with Gasteiger partial charge in [-0.05, 0) is 36.4 Å². The number of hydrogen-bond acceptors (Lipinski definition) is 3. The number of thiophene rings is 1. The van der Waals surface area contributed by atoms with Gasteiger partial charge in [-0.3, -0.25) is 4.90 Å². The monoisotopic (exact) mass is 312 g/mol. The summed E-state index contributed by atoms with van der Waals surface area (Å²) in [5.74, 6) is 0. The SMILES string of the molecule is C[C@H]1c2[nH]c3ccccc3c2CCN1C[C@@H](O)c1cccs1. The van der Waals surface area contributed by atoms with Crippen LogP contribution < -0.4 is 0 Å². The number of aromatic nitrogens is 1. The van der Waals surface area contributed by atoms with Gasteiger partial charge in [-0.25, -0.2) is 0 Å². The van der Waals surface area contributed by atoms with Crippen molar-refractivity contribution in [2.45, 2.75) is 25.5 Å². The predicted octanol–water partition coefficient (Wildman–Crippen LogP) is 3.88. The summed E-state index contributed by atoms with van der Waals surface area (Å²) < 4.78 is 0. The molecule has 0 saturated heterocycles. The number of aliphatic hydroxyl groups is 1. The molecule has 1 aliphatic heterocycles. The van der Waals surface area contributed by atoms with Crippen LogP contribution in [0, 0.1) is 0 Å². The van der Waals surface area contributed by atoms with Gasteiger partial charge in [0.2, 0.25) is 0 Å². The predicted molar refractivity (Wildman–Crippen MR) is 91.3 cm³/mol. The molecule has 0 fully saturated rings. The molecule has 3 aromatic rings. The molecule has 0 aliphatic carbocycles. The van der Waals surface area contributed by atoms with E-state index in [4.69, 9.17) is 0 Å². The number of aromatic amines is 1. The molecule has 0 spiro atoms. The Morgan fingerprint density at radius 1 is 1.32 bits per heavy atom. The summed E-state index contributed by atoms with van der Waals surface area (Å²) in [5, 5.41) is 13.8. The number of nitrogens with one attached hydrogen (secondary N) is 1. The molecule has 4 heteroatoms. The van der Waals surface area contributed by atoms with Crippen molar-refractivity contribution in [2.24, 2.45) is 0 Å². The molecule has 1 aliphatic rings. The highest BCUT2D eigenvalue weighted by Gasteiger charge is 2.28. The van der Waals surface area contributed by atoms with E-state index in [9.17, 15) is 5.11 Å². The highest BCUT2D eigenvalue weighted by Crippen LogP contribution is 2.35. The van der Waals surface area contributed by atoms with E-state index in [1.807, 2.05) is 17.5 Å². The van der Waals surface area contributed by atoms with Crippen LogP contribution in [0.1, 0.15) is 35.2 Å². The molecule has 0 radical (unpaired) electrons. The first-order chi connectivity index (χ1) is 10.7. The Balaban J connectivity index is 1.60. The third-order valence-corrected chi connectivity index (χ3v) is 5.71. The van der Waals surface area contributed by atoms with Gasteiger partial charge >= 0.3 is 0 Å². The van der Waals surface area contributed by atoms with Crippen LogP contribution >= 0.6 is 11.3 Å². The second kappa shape index (κ2) is 5.54. The smallest absolute Gasteiger partial charge is 0.101 e. The molecule has 3 heterocycles. The normalized spacial score (nSPS) is 20.2. The highest BCUT2D eigenvalue weighted by atomic mass is 32.1. The van der Waals surface area contributed by atoms with Crippen LogP contribution in [0.3, 0.4) is 0 Å². The first-order valence-electron chi connectivity index (χ1n) is 7.79. The molecule has 3 nitrogen and oxygen atoms in total. The van der Waals surface area contributed by atoms with Gasteiger partial charge in [-0.1, -0.05) is 24.3 Å². The molecule has 0 unspecified atom stereocenters. The fraction of sp³-hybridized carbons (Fsp3) is 0.333. The number of hydrogen-bond donors (Lipinski definition) is 2. The molecule has 114 valence electrons. The highest BCUT2D eigenvalue weighted by molar-refractivity contribution is 7.10. The molecule has 2 atom stereocenters. The lowest BCUT2D eigenvalue weighted by molar-refractivity contribution is 0.0878. The number of rotatable bonds is 3. The lowest BCUT2D eigenvalue weighted by atomic mass is 9.98. The van der Waals surface area contributed by atoms with Crippen LogP contribution in [0.2, 0.25) is 0 Å². The van der Waals surface area contributed by atoms with Crippen molar-refractivity contribution in [1.29, 1.82) is 0 Å². The Kier molecular flexibility index (Phi) is 3.53. The third-order valence-electron chi connectivity index (χ3n) is 4.74. The van der Waals surface area contributed by atoms with Crippen molar-refractivity contribution < 1.29 is 5.11 Å². The Morgan fingerprint density at radius 3 is 3.00 bits per heavy atom. The minimum atomic E-state index is -0.395. The quantitative estimate of drug-likeness (QED) is 0.770. The van der Waals surface area contributed by atoms with Crippen LogP contribution in [0.15, 0.2) is 41.8 Å². The number of fused-ring (bicyclic) bond motifs is 3. The number of benzene rings is 1. The van der Waals surface area contributed by atoms with E-state index in [0.717, 1.165) is 17.8 Å². The van der Waals surface area contributed by atoms with Gasteiger partial charge in [0.25, 0.3) is 0 Å². The molecular formula is C18H20N2OS. The zero-order valence-corrected chi connectivity index (χ0v) is 13.4. The van der Waals surface area contributed by atoms with E-state index in [1.54, 1.807) is 11.3 Å². The number of H-pyrrole nitrogens is 1. The van der Waals surface area contributed by atoms with E-state index in [2.05, 4.69) is 41.1 Å². The largest absolute Gasteiger partial charge is 0.386 e. The number of aliphatic hydroxyl groups excluding tert-OH is 1. The fourth-order valence-electron chi connectivity index (χ4n) is 3.52. The Labute approximate surface area is 134 Å². The first-order valence-corrected chi connectivity index (χ1v) is 8.67. The molecule has 0 amide bonds. The lowest BCUT2D eigenvalue weighted by Gasteiger charge is -2.34.